The highest BCUT2D eigenvalue weighted by Crippen LogP contribution is 2.30. The van der Waals surface area contributed by atoms with Crippen LogP contribution in [0.5, 0.6) is 0 Å². The number of hydrogen-bond donors (Lipinski definition) is 0. The van der Waals surface area contributed by atoms with Gasteiger partial charge in [0.1, 0.15) is 0 Å². The molecule has 1 fully saturated rings. The van der Waals surface area contributed by atoms with Crippen LogP contribution >= 0.6 is 0 Å². The third-order valence-corrected chi connectivity index (χ3v) is 5.36. The van der Waals surface area contributed by atoms with Crippen LogP contribution in [0.4, 0.5) is 0 Å². The van der Waals surface area contributed by atoms with E-state index in [4.69, 9.17) is 0 Å². The largest absolute Gasteiger partial charge is 0.302 e. The quantitative estimate of drug-likeness (QED) is 0.856. The second-order valence-electron chi connectivity index (χ2n) is 7.01. The predicted molar refractivity (Wildman–Crippen MR) is 92.8 cm³/mol. The van der Waals surface area contributed by atoms with Gasteiger partial charge in [0, 0.05) is 25.1 Å². The van der Waals surface area contributed by atoms with Crippen LogP contribution in [0.25, 0.3) is 0 Å². The first-order valence-electron chi connectivity index (χ1n) is 8.68. The number of carbonyl (C=O) groups excluding carboxylic acids is 1. The molecule has 0 spiro atoms. The van der Waals surface area contributed by atoms with Gasteiger partial charge in [0.15, 0.2) is 5.78 Å². The van der Waals surface area contributed by atoms with Crippen molar-refractivity contribution < 1.29 is 4.79 Å². The van der Waals surface area contributed by atoms with E-state index in [1.807, 2.05) is 12.1 Å². The zero-order valence-corrected chi connectivity index (χ0v) is 13.4. The van der Waals surface area contributed by atoms with Gasteiger partial charge in [-0.05, 0) is 42.3 Å². The van der Waals surface area contributed by atoms with E-state index in [9.17, 15) is 4.79 Å². The zero-order chi connectivity index (χ0) is 15.6. The second-order valence-corrected chi connectivity index (χ2v) is 7.01. The molecule has 1 heterocycles. The average molecular weight is 305 g/mol. The van der Waals surface area contributed by atoms with E-state index in [0.717, 1.165) is 31.6 Å². The second kappa shape index (κ2) is 6.29. The Balaban J connectivity index is 1.40. The van der Waals surface area contributed by atoms with Crippen LogP contribution in [0.15, 0.2) is 54.6 Å². The Morgan fingerprint density at radius 3 is 2.61 bits per heavy atom. The number of carbonyl (C=O) groups is 1. The molecule has 0 bridgehead atoms. The molecule has 0 N–H and O–H groups in total. The lowest BCUT2D eigenvalue weighted by Gasteiger charge is -2.27. The van der Waals surface area contributed by atoms with E-state index in [2.05, 4.69) is 47.4 Å². The highest BCUT2D eigenvalue weighted by molar-refractivity contribution is 5.98. The number of hydrogen-bond acceptors (Lipinski definition) is 2. The number of Topliss-reactive ketones (excluding diaryl/α,β-unsaturated/α-hetero) is 1. The first kappa shape index (κ1) is 14.6. The number of nitrogens with zero attached hydrogens (tertiary/aromatic N) is 1. The summed E-state index contributed by atoms with van der Waals surface area (Å²) in [5.74, 6) is 1.46. The number of likely N-dealkylation sites (tertiary alicyclic amines) is 1. The van der Waals surface area contributed by atoms with Gasteiger partial charge in [-0.1, -0.05) is 54.6 Å². The van der Waals surface area contributed by atoms with E-state index in [-0.39, 0.29) is 0 Å². The topological polar surface area (TPSA) is 20.3 Å². The maximum Gasteiger partial charge on any atom is 0.163 e. The van der Waals surface area contributed by atoms with Crippen molar-refractivity contribution in [3.63, 3.8) is 0 Å². The fourth-order valence-corrected chi connectivity index (χ4v) is 4.22. The van der Waals surface area contributed by atoms with Crippen LogP contribution in [0, 0.1) is 5.92 Å². The molecular formula is C21H23NO. The van der Waals surface area contributed by atoms with Crippen LogP contribution in [-0.2, 0) is 6.42 Å². The van der Waals surface area contributed by atoms with Crippen LogP contribution in [0.3, 0.4) is 0 Å². The van der Waals surface area contributed by atoms with Gasteiger partial charge in [-0.25, -0.2) is 0 Å². The van der Waals surface area contributed by atoms with Crippen molar-refractivity contribution in [1.29, 1.82) is 0 Å². The third kappa shape index (κ3) is 3.09. The van der Waals surface area contributed by atoms with E-state index in [1.165, 1.54) is 17.5 Å². The third-order valence-electron chi connectivity index (χ3n) is 5.36. The van der Waals surface area contributed by atoms with Crippen molar-refractivity contribution >= 4 is 5.78 Å². The Hall–Kier alpha value is -1.93. The highest BCUT2D eigenvalue weighted by Gasteiger charge is 2.29. The minimum absolute atomic E-state index is 0.329. The van der Waals surface area contributed by atoms with Gasteiger partial charge in [0.25, 0.3) is 0 Å². The molecule has 2 unspecified atom stereocenters. The summed E-state index contributed by atoms with van der Waals surface area (Å²) in [6.45, 7) is 3.35. The zero-order valence-electron chi connectivity index (χ0n) is 13.4. The molecular weight excluding hydrogens is 282 g/mol. The molecule has 1 aliphatic heterocycles. The molecule has 2 atom stereocenters. The summed E-state index contributed by atoms with van der Waals surface area (Å²) in [6.07, 6.45) is 3.00. The van der Waals surface area contributed by atoms with E-state index >= 15 is 0 Å². The van der Waals surface area contributed by atoms with Crippen molar-refractivity contribution in [2.24, 2.45) is 5.92 Å². The summed E-state index contributed by atoms with van der Waals surface area (Å²) in [5.41, 5.74) is 3.65. The minimum Gasteiger partial charge on any atom is -0.302 e. The predicted octanol–water partition coefficient (Wildman–Crippen LogP) is 3.92. The lowest BCUT2D eigenvalue weighted by atomic mass is 9.83. The van der Waals surface area contributed by atoms with Crippen molar-refractivity contribution in [1.82, 2.24) is 4.90 Å². The molecule has 1 aliphatic carbocycles. The molecule has 0 radical (unpaired) electrons. The summed E-state index contributed by atoms with van der Waals surface area (Å²) in [7, 11) is 0. The summed E-state index contributed by atoms with van der Waals surface area (Å²) in [4.78, 5) is 14.9. The van der Waals surface area contributed by atoms with Crippen molar-refractivity contribution in [3.05, 3.63) is 71.3 Å². The van der Waals surface area contributed by atoms with Gasteiger partial charge in [0.2, 0.25) is 0 Å². The van der Waals surface area contributed by atoms with Crippen molar-refractivity contribution in [2.45, 2.75) is 25.2 Å². The van der Waals surface area contributed by atoms with Crippen LogP contribution in [-0.4, -0.2) is 30.3 Å². The molecule has 2 heteroatoms. The van der Waals surface area contributed by atoms with Gasteiger partial charge in [0.05, 0.1) is 0 Å². The molecule has 2 aromatic rings. The fraction of sp³-hybridized carbons (Fsp3) is 0.381. The van der Waals surface area contributed by atoms with Gasteiger partial charge >= 0.3 is 0 Å². The fourth-order valence-electron chi connectivity index (χ4n) is 4.22. The van der Waals surface area contributed by atoms with Crippen molar-refractivity contribution in [2.75, 3.05) is 19.6 Å². The Morgan fingerprint density at radius 2 is 1.74 bits per heavy atom. The molecule has 1 saturated heterocycles. The average Bonchev–Trinajstić information content (AvgIpc) is 3.04. The minimum atomic E-state index is 0.329. The van der Waals surface area contributed by atoms with E-state index in [1.54, 1.807) is 0 Å². The van der Waals surface area contributed by atoms with Crippen LogP contribution < -0.4 is 0 Å². The summed E-state index contributed by atoms with van der Waals surface area (Å²) < 4.78 is 0. The molecule has 2 aliphatic rings. The molecule has 4 rings (SSSR count). The number of fused-ring (bicyclic) bond motifs is 1. The summed E-state index contributed by atoms with van der Waals surface area (Å²) in [5, 5.41) is 0. The van der Waals surface area contributed by atoms with Crippen molar-refractivity contribution in [3.8, 4) is 0 Å². The molecule has 2 nitrogen and oxygen atoms in total. The standard InChI is InChI=1S/C21H23NO/c23-21-13-16(12-18-8-4-5-9-20(18)21)14-22-11-10-19(15-22)17-6-2-1-3-7-17/h1-9,16,19H,10-15H2. The Morgan fingerprint density at radius 1 is 0.957 bits per heavy atom. The monoisotopic (exact) mass is 305 g/mol. The van der Waals surface area contributed by atoms with Crippen LogP contribution in [0.2, 0.25) is 0 Å². The van der Waals surface area contributed by atoms with Gasteiger partial charge < -0.3 is 4.90 Å². The van der Waals surface area contributed by atoms with E-state index in [0.29, 0.717) is 24.0 Å². The van der Waals surface area contributed by atoms with Gasteiger partial charge in [-0.2, -0.15) is 0 Å². The molecule has 23 heavy (non-hydrogen) atoms. The number of ketones is 1. The number of rotatable bonds is 3. The van der Waals surface area contributed by atoms with Gasteiger partial charge in [-0.3, -0.25) is 4.79 Å². The molecule has 0 amide bonds. The SMILES string of the molecule is O=C1CC(CN2CCC(c3ccccc3)C2)Cc2ccccc21. The summed E-state index contributed by atoms with van der Waals surface area (Å²) >= 11 is 0. The Labute approximate surface area is 138 Å². The van der Waals surface area contributed by atoms with Crippen LogP contribution in [0.1, 0.15) is 40.2 Å². The maximum atomic E-state index is 12.3. The Kier molecular flexibility index (Phi) is 4.00. The summed E-state index contributed by atoms with van der Waals surface area (Å²) in [6, 6.07) is 19.0. The molecule has 2 aromatic carbocycles. The molecule has 0 saturated carbocycles. The van der Waals surface area contributed by atoms with Gasteiger partial charge in [-0.15, -0.1) is 0 Å². The highest BCUT2D eigenvalue weighted by atomic mass is 16.1. The smallest absolute Gasteiger partial charge is 0.163 e. The first-order chi connectivity index (χ1) is 11.3. The first-order valence-corrected chi connectivity index (χ1v) is 8.68. The normalized spacial score (nSPS) is 24.6. The molecule has 118 valence electrons. The number of benzene rings is 2. The lowest BCUT2D eigenvalue weighted by molar-refractivity contribution is 0.0935. The Bertz CT molecular complexity index is 694. The molecule has 0 aromatic heterocycles. The maximum absolute atomic E-state index is 12.3. The lowest BCUT2D eigenvalue weighted by Crippen LogP contribution is -2.32. The van der Waals surface area contributed by atoms with E-state index < -0.39 is 0 Å².